The Kier molecular flexibility index (Phi) is 4.12. The van der Waals surface area contributed by atoms with Crippen molar-refractivity contribution in [2.24, 2.45) is 0 Å². The molecule has 1 unspecified atom stereocenters. The van der Waals surface area contributed by atoms with Gasteiger partial charge in [0.15, 0.2) is 6.61 Å². The van der Waals surface area contributed by atoms with Crippen molar-refractivity contribution in [2.75, 3.05) is 25.2 Å². The molecule has 0 saturated carbocycles. The van der Waals surface area contributed by atoms with E-state index >= 15 is 0 Å². The molecule has 15 heavy (non-hydrogen) atoms. The first-order chi connectivity index (χ1) is 6.90. The maximum absolute atomic E-state index is 11.8. The molecule has 1 amide bonds. The highest BCUT2D eigenvalue weighted by molar-refractivity contribution is 7.99. The Labute approximate surface area is 89.9 Å². The zero-order valence-corrected chi connectivity index (χ0v) is 9.03. The van der Waals surface area contributed by atoms with E-state index in [4.69, 9.17) is 0 Å². The van der Waals surface area contributed by atoms with Crippen molar-refractivity contribution in [1.82, 2.24) is 4.90 Å². The van der Waals surface area contributed by atoms with E-state index in [2.05, 4.69) is 4.74 Å². The number of amides is 1. The summed E-state index contributed by atoms with van der Waals surface area (Å²) < 4.78 is 39.4. The normalized spacial score (nSPS) is 21.5. The van der Waals surface area contributed by atoms with Crippen LogP contribution in [0.2, 0.25) is 0 Å². The Bertz CT molecular complexity index is 228. The van der Waals surface area contributed by atoms with Gasteiger partial charge in [-0.15, -0.1) is 0 Å². The number of rotatable bonds is 2. The summed E-state index contributed by atoms with van der Waals surface area (Å²) in [6, 6.07) is -0.00395. The Morgan fingerprint density at radius 1 is 1.60 bits per heavy atom. The maximum Gasteiger partial charge on any atom is 0.422 e. The Balaban J connectivity index is 2.32. The highest BCUT2D eigenvalue weighted by atomic mass is 32.2. The van der Waals surface area contributed by atoms with Gasteiger partial charge in [0.1, 0.15) is 0 Å². The van der Waals surface area contributed by atoms with Crippen LogP contribution in [0.25, 0.3) is 0 Å². The van der Waals surface area contributed by atoms with Gasteiger partial charge in [0.2, 0.25) is 0 Å². The fraction of sp³-hybridized carbons (Fsp3) is 0.875. The van der Waals surface area contributed by atoms with E-state index in [-0.39, 0.29) is 6.04 Å². The van der Waals surface area contributed by atoms with Crippen LogP contribution in [0.4, 0.5) is 18.0 Å². The average molecular weight is 243 g/mol. The Morgan fingerprint density at radius 2 is 2.27 bits per heavy atom. The fourth-order valence-corrected chi connectivity index (χ4v) is 2.49. The second-order valence-corrected chi connectivity index (χ2v) is 4.45. The van der Waals surface area contributed by atoms with Crippen LogP contribution in [-0.4, -0.2) is 48.4 Å². The van der Waals surface area contributed by atoms with Crippen LogP contribution in [0.1, 0.15) is 6.42 Å². The summed E-state index contributed by atoms with van der Waals surface area (Å²) in [4.78, 5) is 12.4. The van der Waals surface area contributed by atoms with E-state index in [0.29, 0.717) is 0 Å². The number of alkyl halides is 3. The number of hydrogen-bond donors (Lipinski definition) is 0. The molecule has 3 nitrogen and oxygen atoms in total. The highest BCUT2D eigenvalue weighted by Gasteiger charge is 2.32. The molecule has 0 aromatic rings. The zero-order chi connectivity index (χ0) is 11.5. The summed E-state index contributed by atoms with van der Waals surface area (Å²) in [5.41, 5.74) is 0. The molecule has 0 aliphatic carbocycles. The smallest absolute Gasteiger partial charge is 0.422 e. The summed E-state index contributed by atoms with van der Waals surface area (Å²) in [5, 5.41) is 0. The number of hydrogen-bond acceptors (Lipinski definition) is 3. The van der Waals surface area contributed by atoms with Gasteiger partial charge in [-0.1, -0.05) is 0 Å². The van der Waals surface area contributed by atoms with Crippen LogP contribution in [-0.2, 0) is 4.74 Å². The predicted molar refractivity (Wildman–Crippen MR) is 50.9 cm³/mol. The van der Waals surface area contributed by atoms with Crippen LogP contribution in [0.5, 0.6) is 0 Å². The molecule has 0 N–H and O–H groups in total. The van der Waals surface area contributed by atoms with E-state index < -0.39 is 18.9 Å². The minimum atomic E-state index is -4.46. The summed E-state index contributed by atoms with van der Waals surface area (Å²) in [7, 11) is 1.47. The van der Waals surface area contributed by atoms with Crippen molar-refractivity contribution in [1.29, 1.82) is 0 Å². The molecule has 1 saturated heterocycles. The van der Waals surface area contributed by atoms with Gasteiger partial charge >= 0.3 is 12.3 Å². The lowest BCUT2D eigenvalue weighted by Crippen LogP contribution is -2.38. The van der Waals surface area contributed by atoms with Gasteiger partial charge in [-0.2, -0.15) is 24.9 Å². The molecule has 88 valence electrons. The quantitative estimate of drug-likeness (QED) is 0.744. The highest BCUT2D eigenvalue weighted by Crippen LogP contribution is 2.22. The van der Waals surface area contributed by atoms with E-state index in [0.717, 1.165) is 17.9 Å². The van der Waals surface area contributed by atoms with Crippen LogP contribution in [0.3, 0.4) is 0 Å². The van der Waals surface area contributed by atoms with Crippen molar-refractivity contribution in [3.8, 4) is 0 Å². The molecule has 0 aromatic carbocycles. The molecule has 1 aliphatic rings. The predicted octanol–water partition coefficient (Wildman–Crippen LogP) is 2.12. The van der Waals surface area contributed by atoms with Crippen molar-refractivity contribution in [3.63, 3.8) is 0 Å². The van der Waals surface area contributed by atoms with E-state index in [1.165, 1.54) is 11.9 Å². The van der Waals surface area contributed by atoms with E-state index in [1.807, 2.05) is 0 Å². The maximum atomic E-state index is 11.8. The summed E-state index contributed by atoms with van der Waals surface area (Å²) >= 11 is 1.68. The molecule has 0 spiro atoms. The van der Waals surface area contributed by atoms with Crippen LogP contribution < -0.4 is 0 Å². The second kappa shape index (κ2) is 4.96. The lowest BCUT2D eigenvalue weighted by molar-refractivity contribution is -0.162. The zero-order valence-electron chi connectivity index (χ0n) is 8.21. The molecule has 7 heteroatoms. The SMILES string of the molecule is CN(C(=O)OCC(F)(F)F)C1CCSC1. The number of halogens is 3. The standard InChI is InChI=1S/C8H12F3NO2S/c1-12(6-2-3-15-4-6)7(13)14-5-8(9,10)11/h6H,2-5H2,1H3. The number of thioether (sulfide) groups is 1. The number of carbonyl (C=O) groups is 1. The first-order valence-corrected chi connectivity index (χ1v) is 5.59. The van der Waals surface area contributed by atoms with Gasteiger partial charge in [-0.3, -0.25) is 0 Å². The van der Waals surface area contributed by atoms with Crippen molar-refractivity contribution in [2.45, 2.75) is 18.6 Å². The van der Waals surface area contributed by atoms with Crippen molar-refractivity contribution in [3.05, 3.63) is 0 Å². The molecular weight excluding hydrogens is 231 g/mol. The first-order valence-electron chi connectivity index (χ1n) is 4.44. The summed E-state index contributed by atoms with van der Waals surface area (Å²) in [6.45, 7) is -1.52. The van der Waals surface area contributed by atoms with Crippen molar-refractivity contribution >= 4 is 17.9 Å². The lowest BCUT2D eigenvalue weighted by Gasteiger charge is -2.23. The third-order valence-electron chi connectivity index (χ3n) is 2.10. The topological polar surface area (TPSA) is 29.5 Å². The summed E-state index contributed by atoms with van der Waals surface area (Å²) in [6.07, 6.45) is -4.55. The number of nitrogens with zero attached hydrogens (tertiary/aromatic N) is 1. The molecule has 1 heterocycles. The molecule has 1 rings (SSSR count). The van der Waals surface area contributed by atoms with Gasteiger partial charge in [0, 0.05) is 18.8 Å². The molecule has 1 aliphatic heterocycles. The van der Waals surface area contributed by atoms with E-state index in [1.54, 1.807) is 11.8 Å². The van der Waals surface area contributed by atoms with Gasteiger partial charge in [-0.05, 0) is 12.2 Å². The van der Waals surface area contributed by atoms with Crippen LogP contribution in [0.15, 0.2) is 0 Å². The average Bonchev–Trinajstić information content (AvgIpc) is 2.64. The van der Waals surface area contributed by atoms with Gasteiger partial charge < -0.3 is 9.64 Å². The summed E-state index contributed by atoms with van der Waals surface area (Å²) in [5.74, 6) is 1.69. The minimum Gasteiger partial charge on any atom is -0.440 e. The Hall–Kier alpha value is -0.590. The van der Waals surface area contributed by atoms with Crippen molar-refractivity contribution < 1.29 is 22.7 Å². The first kappa shape index (κ1) is 12.5. The molecule has 1 atom stereocenters. The molecule has 0 aromatic heterocycles. The monoisotopic (exact) mass is 243 g/mol. The molecular formula is C8H12F3NO2S. The molecule has 1 fully saturated rings. The Morgan fingerprint density at radius 3 is 2.73 bits per heavy atom. The molecule has 0 bridgehead atoms. The fourth-order valence-electron chi connectivity index (χ4n) is 1.22. The minimum absolute atomic E-state index is 0.00395. The number of ether oxygens (including phenoxy) is 1. The number of carbonyl (C=O) groups excluding carboxylic acids is 1. The third kappa shape index (κ3) is 4.19. The van der Waals surface area contributed by atoms with Crippen LogP contribution >= 0.6 is 11.8 Å². The van der Waals surface area contributed by atoms with Gasteiger partial charge in [0.25, 0.3) is 0 Å². The second-order valence-electron chi connectivity index (χ2n) is 3.30. The van der Waals surface area contributed by atoms with Crippen LogP contribution in [0, 0.1) is 0 Å². The lowest BCUT2D eigenvalue weighted by atomic mass is 10.2. The van der Waals surface area contributed by atoms with Gasteiger partial charge in [0.05, 0.1) is 0 Å². The van der Waals surface area contributed by atoms with E-state index in [9.17, 15) is 18.0 Å². The van der Waals surface area contributed by atoms with Gasteiger partial charge in [-0.25, -0.2) is 4.79 Å². The largest absolute Gasteiger partial charge is 0.440 e. The molecule has 0 radical (unpaired) electrons. The third-order valence-corrected chi connectivity index (χ3v) is 3.25.